The molecule has 0 aliphatic heterocycles. The molecule has 0 saturated heterocycles. The lowest BCUT2D eigenvalue weighted by atomic mass is 9.85. The van der Waals surface area contributed by atoms with Crippen molar-refractivity contribution in [2.45, 2.75) is 51.7 Å². The molecule has 2 N–H and O–H groups in total. The molecule has 0 heterocycles. The second-order valence-electron chi connectivity index (χ2n) is 6.97. The Labute approximate surface area is 165 Å². The SMILES string of the molecule is CC(C)CNC(=NCC(=O)N(C)C)NC1CCCC(C(F)(F)F)C1.I. The maximum absolute atomic E-state index is 12.9. The number of hydrogen-bond donors (Lipinski definition) is 2. The van der Waals surface area contributed by atoms with E-state index < -0.39 is 12.1 Å². The summed E-state index contributed by atoms with van der Waals surface area (Å²) in [5.41, 5.74) is 0. The first-order chi connectivity index (χ1) is 11.1. The van der Waals surface area contributed by atoms with Crippen LogP contribution < -0.4 is 10.6 Å². The number of nitrogens with one attached hydrogen (secondary N) is 2. The number of amides is 1. The summed E-state index contributed by atoms with van der Waals surface area (Å²) in [6.45, 7) is 4.65. The molecule has 0 bridgehead atoms. The van der Waals surface area contributed by atoms with Gasteiger partial charge in [0.2, 0.25) is 5.91 Å². The fourth-order valence-electron chi connectivity index (χ4n) is 2.55. The van der Waals surface area contributed by atoms with Crippen molar-refractivity contribution in [2.24, 2.45) is 16.8 Å². The lowest BCUT2D eigenvalue weighted by Gasteiger charge is -2.32. The molecule has 2 unspecified atom stereocenters. The number of alkyl halides is 3. The Morgan fingerprint density at radius 3 is 2.44 bits per heavy atom. The summed E-state index contributed by atoms with van der Waals surface area (Å²) in [5, 5.41) is 6.18. The Kier molecular flexibility index (Phi) is 10.7. The molecular formula is C16H30F3IN4O. The van der Waals surface area contributed by atoms with Gasteiger partial charge in [-0.3, -0.25) is 4.79 Å². The predicted molar refractivity (Wildman–Crippen MR) is 104 cm³/mol. The Morgan fingerprint density at radius 2 is 1.92 bits per heavy atom. The smallest absolute Gasteiger partial charge is 0.356 e. The molecule has 9 heteroatoms. The van der Waals surface area contributed by atoms with Crippen molar-refractivity contribution in [3.63, 3.8) is 0 Å². The second kappa shape index (κ2) is 11.1. The van der Waals surface area contributed by atoms with E-state index in [1.807, 2.05) is 13.8 Å². The second-order valence-corrected chi connectivity index (χ2v) is 6.97. The molecule has 0 aromatic heterocycles. The zero-order valence-electron chi connectivity index (χ0n) is 15.3. The molecule has 1 saturated carbocycles. The average Bonchev–Trinajstić information content (AvgIpc) is 2.48. The van der Waals surface area contributed by atoms with Crippen LogP contribution >= 0.6 is 24.0 Å². The monoisotopic (exact) mass is 478 g/mol. The van der Waals surface area contributed by atoms with Crippen molar-refractivity contribution < 1.29 is 18.0 Å². The summed E-state index contributed by atoms with van der Waals surface area (Å²) in [6, 6.07) is -0.279. The van der Waals surface area contributed by atoms with Crippen molar-refractivity contribution in [3.8, 4) is 0 Å². The molecule has 1 aliphatic rings. The van der Waals surface area contributed by atoms with Gasteiger partial charge < -0.3 is 15.5 Å². The molecule has 0 radical (unpaired) electrons. The number of guanidine groups is 1. The van der Waals surface area contributed by atoms with Crippen LogP contribution in [-0.2, 0) is 4.79 Å². The van der Waals surface area contributed by atoms with E-state index in [-0.39, 0.29) is 55.3 Å². The molecular weight excluding hydrogens is 448 g/mol. The zero-order chi connectivity index (χ0) is 18.3. The third-order valence-electron chi connectivity index (χ3n) is 4.03. The summed E-state index contributed by atoms with van der Waals surface area (Å²) >= 11 is 0. The van der Waals surface area contributed by atoms with Gasteiger partial charge in [0, 0.05) is 26.7 Å². The van der Waals surface area contributed by atoms with Crippen LogP contribution in [0.15, 0.2) is 4.99 Å². The Balaban J connectivity index is 0.00000576. The van der Waals surface area contributed by atoms with E-state index in [1.165, 1.54) is 4.90 Å². The number of nitrogens with zero attached hydrogens (tertiary/aromatic N) is 2. The van der Waals surface area contributed by atoms with Crippen molar-refractivity contribution in [2.75, 3.05) is 27.2 Å². The van der Waals surface area contributed by atoms with Gasteiger partial charge in [-0.05, 0) is 25.2 Å². The van der Waals surface area contributed by atoms with Crippen molar-refractivity contribution in [1.29, 1.82) is 0 Å². The lowest BCUT2D eigenvalue weighted by Crippen LogP contribution is -2.48. The molecule has 25 heavy (non-hydrogen) atoms. The predicted octanol–water partition coefficient (Wildman–Crippen LogP) is 3.00. The van der Waals surface area contributed by atoms with Gasteiger partial charge in [-0.1, -0.05) is 20.3 Å². The van der Waals surface area contributed by atoms with E-state index in [2.05, 4.69) is 15.6 Å². The minimum Gasteiger partial charge on any atom is -0.356 e. The number of aliphatic imine (C=N–C) groups is 1. The highest BCUT2D eigenvalue weighted by molar-refractivity contribution is 14.0. The molecule has 1 amide bonds. The fraction of sp³-hybridized carbons (Fsp3) is 0.875. The number of carbonyl (C=O) groups excluding carboxylic acids is 1. The summed E-state index contributed by atoms with van der Waals surface area (Å²) in [4.78, 5) is 17.3. The van der Waals surface area contributed by atoms with Crippen LogP contribution in [-0.4, -0.2) is 56.2 Å². The van der Waals surface area contributed by atoms with E-state index in [9.17, 15) is 18.0 Å². The van der Waals surface area contributed by atoms with Gasteiger partial charge in [-0.2, -0.15) is 13.2 Å². The number of likely N-dealkylation sites (N-methyl/N-ethyl adjacent to an activating group) is 1. The van der Waals surface area contributed by atoms with Crippen LogP contribution in [0.2, 0.25) is 0 Å². The first-order valence-electron chi connectivity index (χ1n) is 8.41. The minimum atomic E-state index is -4.15. The van der Waals surface area contributed by atoms with Gasteiger partial charge in [0.1, 0.15) is 6.54 Å². The lowest BCUT2D eigenvalue weighted by molar-refractivity contribution is -0.183. The van der Waals surface area contributed by atoms with Crippen molar-refractivity contribution in [3.05, 3.63) is 0 Å². The van der Waals surface area contributed by atoms with E-state index >= 15 is 0 Å². The molecule has 0 spiro atoms. The average molecular weight is 478 g/mol. The Bertz CT molecular complexity index is 442. The van der Waals surface area contributed by atoms with E-state index in [4.69, 9.17) is 0 Å². The van der Waals surface area contributed by atoms with E-state index in [1.54, 1.807) is 14.1 Å². The normalized spacial score (nSPS) is 21.5. The molecule has 5 nitrogen and oxygen atoms in total. The molecule has 0 aromatic rings. The van der Waals surface area contributed by atoms with Crippen LogP contribution in [0.5, 0.6) is 0 Å². The van der Waals surface area contributed by atoms with Crippen LogP contribution in [0.25, 0.3) is 0 Å². The maximum atomic E-state index is 12.9. The van der Waals surface area contributed by atoms with Gasteiger partial charge in [0.15, 0.2) is 5.96 Å². The summed E-state index contributed by atoms with van der Waals surface area (Å²) in [7, 11) is 3.28. The largest absolute Gasteiger partial charge is 0.391 e. The maximum Gasteiger partial charge on any atom is 0.391 e. The zero-order valence-corrected chi connectivity index (χ0v) is 17.6. The van der Waals surface area contributed by atoms with E-state index in [0.29, 0.717) is 31.3 Å². The first-order valence-corrected chi connectivity index (χ1v) is 8.41. The number of carbonyl (C=O) groups is 1. The Morgan fingerprint density at radius 1 is 1.28 bits per heavy atom. The van der Waals surface area contributed by atoms with Crippen molar-refractivity contribution in [1.82, 2.24) is 15.5 Å². The molecule has 0 aromatic carbocycles. The van der Waals surface area contributed by atoms with Crippen LogP contribution in [0.3, 0.4) is 0 Å². The summed E-state index contributed by atoms with van der Waals surface area (Å²) < 4.78 is 38.8. The fourth-order valence-corrected chi connectivity index (χ4v) is 2.55. The van der Waals surface area contributed by atoms with Gasteiger partial charge >= 0.3 is 6.18 Å². The third kappa shape index (κ3) is 9.50. The topological polar surface area (TPSA) is 56.7 Å². The quantitative estimate of drug-likeness (QED) is 0.363. The summed E-state index contributed by atoms with van der Waals surface area (Å²) in [5.74, 6) is -0.654. The third-order valence-corrected chi connectivity index (χ3v) is 4.03. The first kappa shape index (κ1) is 24.3. The van der Waals surface area contributed by atoms with Gasteiger partial charge in [-0.25, -0.2) is 4.99 Å². The van der Waals surface area contributed by atoms with Gasteiger partial charge in [0.05, 0.1) is 5.92 Å². The van der Waals surface area contributed by atoms with Crippen molar-refractivity contribution >= 4 is 35.8 Å². The molecule has 148 valence electrons. The molecule has 2 atom stereocenters. The standard InChI is InChI=1S/C16H29F3N4O.HI/c1-11(2)9-20-15(21-10-14(24)23(3)4)22-13-7-5-6-12(8-13)16(17,18)19;/h11-13H,5-10H2,1-4H3,(H2,20,21,22);1H. The number of hydrogen-bond acceptors (Lipinski definition) is 2. The van der Waals surface area contributed by atoms with Crippen LogP contribution in [0.4, 0.5) is 13.2 Å². The van der Waals surface area contributed by atoms with Gasteiger partial charge in [0.25, 0.3) is 0 Å². The molecule has 1 aliphatic carbocycles. The number of rotatable bonds is 5. The highest BCUT2D eigenvalue weighted by atomic mass is 127. The minimum absolute atomic E-state index is 0. The van der Waals surface area contributed by atoms with Crippen LogP contribution in [0, 0.1) is 11.8 Å². The van der Waals surface area contributed by atoms with Crippen LogP contribution in [0.1, 0.15) is 39.5 Å². The van der Waals surface area contributed by atoms with E-state index in [0.717, 1.165) is 0 Å². The molecule has 1 fully saturated rings. The molecule has 1 rings (SSSR count). The Hall–Kier alpha value is -0.740. The highest BCUT2D eigenvalue weighted by Gasteiger charge is 2.42. The highest BCUT2D eigenvalue weighted by Crippen LogP contribution is 2.37. The van der Waals surface area contributed by atoms with Gasteiger partial charge in [-0.15, -0.1) is 24.0 Å². The summed E-state index contributed by atoms with van der Waals surface area (Å²) in [6.07, 6.45) is -2.70. The number of halogens is 4.